The monoisotopic (exact) mass is 295 g/mol. The van der Waals surface area contributed by atoms with Crippen LogP contribution in [0, 0.1) is 0 Å². The number of H-pyrrole nitrogens is 1. The van der Waals surface area contributed by atoms with E-state index in [0.717, 1.165) is 23.9 Å². The number of aromatic amines is 1. The molecule has 2 heterocycles. The lowest BCUT2D eigenvalue weighted by atomic mass is 10.2. The maximum atomic E-state index is 12.3. The van der Waals surface area contributed by atoms with Crippen LogP contribution < -0.4 is 5.32 Å². The van der Waals surface area contributed by atoms with Gasteiger partial charge in [-0.15, -0.1) is 0 Å². The molecule has 0 radical (unpaired) electrons. The van der Waals surface area contributed by atoms with Gasteiger partial charge in [-0.25, -0.2) is 4.98 Å². The van der Waals surface area contributed by atoms with Gasteiger partial charge < -0.3 is 4.57 Å². The summed E-state index contributed by atoms with van der Waals surface area (Å²) >= 11 is 0. The average molecular weight is 295 g/mol. The molecule has 6 nitrogen and oxygen atoms in total. The Balaban J connectivity index is 1.75. The lowest BCUT2D eigenvalue weighted by molar-refractivity contribution is 0.102. The SMILES string of the molecule is O=C(Nc1nc2ccccc2n1C1CCCC1)c1ccn[nH]1. The molecule has 112 valence electrons. The molecule has 4 rings (SSSR count). The molecule has 0 unspecified atom stereocenters. The van der Waals surface area contributed by atoms with E-state index in [4.69, 9.17) is 0 Å². The summed E-state index contributed by atoms with van der Waals surface area (Å²) in [5.74, 6) is 0.403. The highest BCUT2D eigenvalue weighted by atomic mass is 16.2. The molecule has 1 amide bonds. The maximum Gasteiger partial charge on any atom is 0.275 e. The number of nitrogens with zero attached hydrogens (tertiary/aromatic N) is 3. The molecule has 22 heavy (non-hydrogen) atoms. The van der Waals surface area contributed by atoms with Crippen LogP contribution in [0.25, 0.3) is 11.0 Å². The Hall–Kier alpha value is -2.63. The van der Waals surface area contributed by atoms with Crippen LogP contribution in [-0.4, -0.2) is 25.7 Å². The van der Waals surface area contributed by atoms with Crippen LogP contribution in [0.1, 0.15) is 42.2 Å². The van der Waals surface area contributed by atoms with E-state index in [0.29, 0.717) is 17.7 Å². The molecule has 2 N–H and O–H groups in total. The Morgan fingerprint density at radius 2 is 2.05 bits per heavy atom. The Morgan fingerprint density at radius 1 is 1.23 bits per heavy atom. The third kappa shape index (κ3) is 2.16. The Bertz CT molecular complexity index is 799. The predicted molar refractivity (Wildman–Crippen MR) is 83.8 cm³/mol. The van der Waals surface area contributed by atoms with Crippen LogP contribution in [0.4, 0.5) is 5.95 Å². The number of imidazole rings is 1. The summed E-state index contributed by atoms with van der Waals surface area (Å²) in [4.78, 5) is 16.9. The van der Waals surface area contributed by atoms with Crippen LogP contribution >= 0.6 is 0 Å². The topological polar surface area (TPSA) is 75.6 Å². The fraction of sp³-hybridized carbons (Fsp3) is 0.312. The normalized spacial score (nSPS) is 15.5. The average Bonchev–Trinajstić information content (AvgIpc) is 3.27. The summed E-state index contributed by atoms with van der Waals surface area (Å²) in [5, 5.41) is 9.42. The predicted octanol–water partition coefficient (Wildman–Crippen LogP) is 3.13. The molecule has 0 aliphatic heterocycles. The molecule has 1 aliphatic rings. The van der Waals surface area contributed by atoms with E-state index < -0.39 is 0 Å². The van der Waals surface area contributed by atoms with E-state index in [1.807, 2.05) is 18.2 Å². The summed E-state index contributed by atoms with van der Waals surface area (Å²) in [6.45, 7) is 0. The molecular formula is C16H17N5O. The Labute approximate surface area is 127 Å². The van der Waals surface area contributed by atoms with Gasteiger partial charge in [-0.05, 0) is 31.0 Å². The molecule has 1 fully saturated rings. The number of fused-ring (bicyclic) bond motifs is 1. The highest BCUT2D eigenvalue weighted by Gasteiger charge is 2.23. The van der Waals surface area contributed by atoms with E-state index in [2.05, 4.69) is 31.1 Å². The smallest absolute Gasteiger partial charge is 0.275 e. The first-order chi connectivity index (χ1) is 10.8. The van der Waals surface area contributed by atoms with Crippen molar-refractivity contribution in [3.8, 4) is 0 Å². The Morgan fingerprint density at radius 3 is 2.82 bits per heavy atom. The summed E-state index contributed by atoms with van der Waals surface area (Å²) < 4.78 is 2.18. The van der Waals surface area contributed by atoms with E-state index in [1.165, 1.54) is 12.8 Å². The summed E-state index contributed by atoms with van der Waals surface area (Å²) in [6.07, 6.45) is 6.28. The number of amides is 1. The zero-order valence-corrected chi connectivity index (χ0v) is 12.1. The molecule has 0 bridgehead atoms. The van der Waals surface area contributed by atoms with E-state index in [-0.39, 0.29) is 5.91 Å². The van der Waals surface area contributed by atoms with Gasteiger partial charge in [0.1, 0.15) is 5.69 Å². The second-order valence-corrected chi connectivity index (χ2v) is 5.66. The number of nitrogens with one attached hydrogen (secondary N) is 2. The van der Waals surface area contributed by atoms with Gasteiger partial charge in [0.2, 0.25) is 5.95 Å². The first kappa shape index (κ1) is 13.1. The molecular weight excluding hydrogens is 278 g/mol. The minimum absolute atomic E-state index is 0.216. The van der Waals surface area contributed by atoms with Crippen molar-refractivity contribution < 1.29 is 4.79 Å². The van der Waals surface area contributed by atoms with Crippen molar-refractivity contribution >= 4 is 22.9 Å². The van der Waals surface area contributed by atoms with Gasteiger partial charge in [-0.1, -0.05) is 25.0 Å². The Kier molecular flexibility index (Phi) is 3.14. The number of hydrogen-bond acceptors (Lipinski definition) is 3. The number of benzene rings is 1. The second kappa shape index (κ2) is 5.29. The molecule has 0 spiro atoms. The lowest BCUT2D eigenvalue weighted by Gasteiger charge is -2.16. The zero-order valence-electron chi connectivity index (χ0n) is 12.1. The fourth-order valence-electron chi connectivity index (χ4n) is 3.22. The molecule has 6 heteroatoms. The van der Waals surface area contributed by atoms with E-state index in [9.17, 15) is 4.79 Å². The highest BCUT2D eigenvalue weighted by molar-refractivity contribution is 6.02. The first-order valence-corrected chi connectivity index (χ1v) is 7.60. The van der Waals surface area contributed by atoms with Crippen LogP contribution in [0.2, 0.25) is 0 Å². The van der Waals surface area contributed by atoms with Crippen molar-refractivity contribution in [2.75, 3.05) is 5.32 Å². The minimum atomic E-state index is -0.216. The van der Waals surface area contributed by atoms with Crippen LogP contribution in [0.3, 0.4) is 0 Å². The number of anilines is 1. The van der Waals surface area contributed by atoms with Crippen molar-refractivity contribution in [1.82, 2.24) is 19.7 Å². The lowest BCUT2D eigenvalue weighted by Crippen LogP contribution is -2.18. The highest BCUT2D eigenvalue weighted by Crippen LogP contribution is 2.35. The molecule has 1 aromatic carbocycles. The van der Waals surface area contributed by atoms with Crippen molar-refractivity contribution in [2.45, 2.75) is 31.7 Å². The number of carbonyl (C=O) groups excluding carboxylic acids is 1. The van der Waals surface area contributed by atoms with E-state index in [1.54, 1.807) is 12.3 Å². The van der Waals surface area contributed by atoms with Crippen molar-refractivity contribution in [1.29, 1.82) is 0 Å². The van der Waals surface area contributed by atoms with Crippen molar-refractivity contribution in [3.05, 3.63) is 42.2 Å². The van der Waals surface area contributed by atoms with E-state index >= 15 is 0 Å². The van der Waals surface area contributed by atoms with Gasteiger partial charge in [-0.2, -0.15) is 5.10 Å². The summed E-state index contributed by atoms with van der Waals surface area (Å²) in [5.41, 5.74) is 2.42. The van der Waals surface area contributed by atoms with Crippen molar-refractivity contribution in [3.63, 3.8) is 0 Å². The number of para-hydroxylation sites is 2. The standard InChI is InChI=1S/C16H17N5O/c22-15(13-9-10-17-20-13)19-16-18-12-7-3-4-8-14(12)21(16)11-5-1-2-6-11/h3-4,7-11H,1-2,5-6H2,(H,17,20)(H,18,19,22). The molecule has 3 aromatic rings. The van der Waals surface area contributed by atoms with Gasteiger partial charge in [-0.3, -0.25) is 15.2 Å². The quantitative estimate of drug-likeness (QED) is 0.779. The molecule has 2 aromatic heterocycles. The fourth-order valence-corrected chi connectivity index (χ4v) is 3.22. The first-order valence-electron chi connectivity index (χ1n) is 7.60. The number of rotatable bonds is 3. The molecule has 0 saturated heterocycles. The van der Waals surface area contributed by atoms with Gasteiger partial charge in [0.05, 0.1) is 11.0 Å². The van der Waals surface area contributed by atoms with Crippen molar-refractivity contribution in [2.24, 2.45) is 0 Å². The molecule has 1 aliphatic carbocycles. The maximum absolute atomic E-state index is 12.3. The number of aromatic nitrogens is 4. The second-order valence-electron chi connectivity index (χ2n) is 5.66. The van der Waals surface area contributed by atoms with Gasteiger partial charge in [0.15, 0.2) is 0 Å². The summed E-state index contributed by atoms with van der Waals surface area (Å²) in [6, 6.07) is 10.1. The van der Waals surface area contributed by atoms with Gasteiger partial charge in [0.25, 0.3) is 5.91 Å². The summed E-state index contributed by atoms with van der Waals surface area (Å²) in [7, 11) is 0. The zero-order chi connectivity index (χ0) is 14.9. The number of hydrogen-bond donors (Lipinski definition) is 2. The minimum Gasteiger partial charge on any atom is -0.307 e. The van der Waals surface area contributed by atoms with Gasteiger partial charge in [0, 0.05) is 12.2 Å². The van der Waals surface area contributed by atoms with Gasteiger partial charge >= 0.3 is 0 Å². The third-order valence-electron chi connectivity index (χ3n) is 4.26. The number of carbonyl (C=O) groups is 1. The van der Waals surface area contributed by atoms with Crippen LogP contribution in [0.5, 0.6) is 0 Å². The molecule has 0 atom stereocenters. The largest absolute Gasteiger partial charge is 0.307 e. The van der Waals surface area contributed by atoms with Crippen LogP contribution in [0.15, 0.2) is 36.5 Å². The molecule has 1 saturated carbocycles. The van der Waals surface area contributed by atoms with Crippen LogP contribution in [-0.2, 0) is 0 Å². The third-order valence-corrected chi connectivity index (χ3v) is 4.26.